The number of hydrogen-bond acceptors (Lipinski definition) is 2. The number of nitrogen functional groups attached to an aromatic ring is 1. The molecule has 0 bridgehead atoms. The van der Waals surface area contributed by atoms with Gasteiger partial charge in [0, 0.05) is 10.5 Å². The van der Waals surface area contributed by atoms with E-state index >= 15 is 0 Å². The lowest BCUT2D eigenvalue weighted by molar-refractivity contribution is 0.622. The van der Waals surface area contributed by atoms with Gasteiger partial charge in [-0.2, -0.15) is 0 Å². The Balaban J connectivity index is 2.35. The third-order valence-corrected chi connectivity index (χ3v) is 4.53. The van der Waals surface area contributed by atoms with Crippen LogP contribution in [0.25, 0.3) is 16.7 Å². The number of benzene rings is 2. The van der Waals surface area contributed by atoms with E-state index in [0.29, 0.717) is 20.6 Å². The molecule has 1 heterocycles. The first-order chi connectivity index (χ1) is 9.47. The molecule has 0 aliphatic carbocycles. The quantitative estimate of drug-likeness (QED) is 0.563. The van der Waals surface area contributed by atoms with E-state index < -0.39 is 0 Å². The van der Waals surface area contributed by atoms with Gasteiger partial charge in [0.25, 0.3) is 0 Å². The Morgan fingerprint density at radius 3 is 2.75 bits per heavy atom. The van der Waals surface area contributed by atoms with E-state index in [0.717, 1.165) is 15.7 Å². The molecule has 6 heteroatoms. The van der Waals surface area contributed by atoms with Gasteiger partial charge in [0.05, 0.1) is 20.3 Å². The number of halogens is 3. The Morgan fingerprint density at radius 2 is 2.05 bits per heavy atom. The van der Waals surface area contributed by atoms with Gasteiger partial charge in [0.15, 0.2) is 0 Å². The molecule has 0 aliphatic heterocycles. The minimum Gasteiger partial charge on any atom is -0.369 e. The van der Waals surface area contributed by atoms with Crippen molar-refractivity contribution < 1.29 is 4.39 Å². The number of imidazole rings is 1. The summed E-state index contributed by atoms with van der Waals surface area (Å²) in [5.41, 5.74) is 9.31. The van der Waals surface area contributed by atoms with Crippen LogP contribution in [0.1, 0.15) is 5.56 Å². The van der Waals surface area contributed by atoms with Crippen LogP contribution in [0, 0.1) is 16.3 Å². The second kappa shape index (κ2) is 5.00. The molecule has 0 atom stereocenters. The molecule has 0 aliphatic rings. The fraction of sp³-hybridized carbons (Fsp3) is 0.0714. The highest BCUT2D eigenvalue weighted by Crippen LogP contribution is 2.30. The highest BCUT2D eigenvalue weighted by Gasteiger charge is 2.14. The molecule has 0 saturated carbocycles. The maximum Gasteiger partial charge on any atom is 0.205 e. The summed E-state index contributed by atoms with van der Waals surface area (Å²) < 4.78 is 17.0. The van der Waals surface area contributed by atoms with E-state index in [1.807, 2.05) is 47.7 Å². The van der Waals surface area contributed by atoms with Crippen LogP contribution in [0.4, 0.5) is 10.3 Å². The number of nitrogens with zero attached hydrogens (tertiary/aromatic N) is 2. The van der Waals surface area contributed by atoms with Gasteiger partial charge in [-0.05, 0) is 69.2 Å². The van der Waals surface area contributed by atoms with Crippen LogP contribution in [0.5, 0.6) is 0 Å². The van der Waals surface area contributed by atoms with Crippen molar-refractivity contribution in [1.29, 1.82) is 0 Å². The third kappa shape index (κ3) is 2.20. The fourth-order valence-corrected chi connectivity index (χ4v) is 3.26. The zero-order chi connectivity index (χ0) is 14.4. The standard InChI is InChI=1S/C14H10BrFIN3/c1-7-2-3-12(8(15)4-7)20-13-5-9(16)10(17)6-11(13)19-14(20)18/h2-6H,1H3,(H2,18,19). The van der Waals surface area contributed by atoms with E-state index in [2.05, 4.69) is 20.9 Å². The lowest BCUT2D eigenvalue weighted by Gasteiger charge is -2.10. The number of aryl methyl sites for hydroxylation is 1. The molecule has 0 spiro atoms. The Hall–Kier alpha value is -1.15. The van der Waals surface area contributed by atoms with Gasteiger partial charge in [-0.25, -0.2) is 9.37 Å². The summed E-state index contributed by atoms with van der Waals surface area (Å²) in [6.07, 6.45) is 0. The molecule has 0 amide bonds. The van der Waals surface area contributed by atoms with Crippen molar-refractivity contribution in [3.8, 4) is 5.69 Å². The van der Waals surface area contributed by atoms with Gasteiger partial charge in [0.2, 0.25) is 5.95 Å². The first-order valence-corrected chi connectivity index (χ1v) is 7.74. The van der Waals surface area contributed by atoms with Crippen molar-refractivity contribution in [3.05, 3.63) is 49.8 Å². The summed E-state index contributed by atoms with van der Waals surface area (Å²) >= 11 is 5.47. The van der Waals surface area contributed by atoms with E-state index in [4.69, 9.17) is 5.73 Å². The average Bonchev–Trinajstić information content (AvgIpc) is 2.66. The molecule has 2 aromatic carbocycles. The van der Waals surface area contributed by atoms with Crippen LogP contribution in [-0.4, -0.2) is 9.55 Å². The second-order valence-corrected chi connectivity index (χ2v) is 6.53. The summed E-state index contributed by atoms with van der Waals surface area (Å²) in [6, 6.07) is 9.07. The van der Waals surface area contributed by atoms with Crippen molar-refractivity contribution in [1.82, 2.24) is 9.55 Å². The number of anilines is 1. The minimum atomic E-state index is -0.275. The summed E-state index contributed by atoms with van der Waals surface area (Å²) in [5, 5.41) is 0. The van der Waals surface area contributed by atoms with Gasteiger partial charge < -0.3 is 5.73 Å². The van der Waals surface area contributed by atoms with Crippen LogP contribution >= 0.6 is 38.5 Å². The van der Waals surface area contributed by atoms with Crippen LogP contribution in [-0.2, 0) is 0 Å². The number of rotatable bonds is 1. The van der Waals surface area contributed by atoms with Gasteiger partial charge in [-0.1, -0.05) is 6.07 Å². The molecular weight excluding hydrogens is 436 g/mol. The first-order valence-electron chi connectivity index (χ1n) is 5.87. The van der Waals surface area contributed by atoms with E-state index in [-0.39, 0.29) is 5.82 Å². The molecule has 0 radical (unpaired) electrons. The van der Waals surface area contributed by atoms with Crippen molar-refractivity contribution in [2.24, 2.45) is 0 Å². The molecule has 0 saturated heterocycles. The van der Waals surface area contributed by atoms with Crippen LogP contribution in [0.2, 0.25) is 0 Å². The Morgan fingerprint density at radius 1 is 1.30 bits per heavy atom. The molecular formula is C14H10BrFIN3. The highest BCUT2D eigenvalue weighted by molar-refractivity contribution is 14.1. The van der Waals surface area contributed by atoms with Crippen molar-refractivity contribution in [2.45, 2.75) is 6.92 Å². The monoisotopic (exact) mass is 445 g/mol. The number of aromatic nitrogens is 2. The average molecular weight is 446 g/mol. The second-order valence-electron chi connectivity index (χ2n) is 4.52. The smallest absolute Gasteiger partial charge is 0.205 e. The number of nitrogens with two attached hydrogens (primary N) is 1. The molecule has 0 unspecified atom stereocenters. The van der Waals surface area contributed by atoms with Crippen LogP contribution in [0.15, 0.2) is 34.8 Å². The van der Waals surface area contributed by atoms with Gasteiger partial charge >= 0.3 is 0 Å². The van der Waals surface area contributed by atoms with E-state index in [1.165, 1.54) is 6.07 Å². The third-order valence-electron chi connectivity index (χ3n) is 3.07. The van der Waals surface area contributed by atoms with Gasteiger partial charge in [-0.3, -0.25) is 4.57 Å². The van der Waals surface area contributed by atoms with E-state index in [9.17, 15) is 4.39 Å². The molecule has 1 aromatic heterocycles. The number of fused-ring (bicyclic) bond motifs is 1. The van der Waals surface area contributed by atoms with Gasteiger partial charge in [-0.15, -0.1) is 0 Å². The molecule has 2 N–H and O–H groups in total. The summed E-state index contributed by atoms with van der Waals surface area (Å²) in [5.74, 6) is 0.0634. The zero-order valence-corrected chi connectivity index (χ0v) is 14.2. The van der Waals surface area contributed by atoms with Crippen molar-refractivity contribution in [2.75, 3.05) is 5.73 Å². The minimum absolute atomic E-state index is 0.275. The Labute approximate surface area is 137 Å². The SMILES string of the molecule is Cc1ccc(-n2c(N)nc3cc(I)c(F)cc32)c(Br)c1. The Kier molecular flexibility index (Phi) is 3.45. The lowest BCUT2D eigenvalue weighted by atomic mass is 10.2. The lowest BCUT2D eigenvalue weighted by Crippen LogP contribution is -2.01. The molecule has 3 nitrogen and oxygen atoms in total. The van der Waals surface area contributed by atoms with Crippen molar-refractivity contribution in [3.63, 3.8) is 0 Å². The molecule has 0 fully saturated rings. The molecule has 3 rings (SSSR count). The maximum absolute atomic E-state index is 13.8. The fourth-order valence-electron chi connectivity index (χ4n) is 2.14. The molecule has 102 valence electrons. The van der Waals surface area contributed by atoms with E-state index in [1.54, 1.807) is 10.6 Å². The Bertz CT molecular complexity index is 829. The van der Waals surface area contributed by atoms with Crippen molar-refractivity contribution >= 4 is 55.5 Å². The predicted molar refractivity (Wildman–Crippen MR) is 90.6 cm³/mol. The summed E-state index contributed by atoms with van der Waals surface area (Å²) in [7, 11) is 0. The number of hydrogen-bond donors (Lipinski definition) is 1. The zero-order valence-electron chi connectivity index (χ0n) is 10.5. The highest BCUT2D eigenvalue weighted by atomic mass is 127. The normalized spacial score (nSPS) is 11.2. The summed E-state index contributed by atoms with van der Waals surface area (Å²) in [6.45, 7) is 2.01. The first kappa shape index (κ1) is 13.8. The molecule has 3 aromatic rings. The van der Waals surface area contributed by atoms with Gasteiger partial charge in [0.1, 0.15) is 5.82 Å². The summed E-state index contributed by atoms with van der Waals surface area (Å²) in [4.78, 5) is 4.30. The predicted octanol–water partition coefficient (Wildman–Crippen LogP) is 4.42. The topological polar surface area (TPSA) is 43.8 Å². The van der Waals surface area contributed by atoms with Crippen LogP contribution in [0.3, 0.4) is 0 Å². The maximum atomic E-state index is 13.8. The molecule has 20 heavy (non-hydrogen) atoms. The van der Waals surface area contributed by atoms with Crippen LogP contribution < -0.4 is 5.73 Å². The largest absolute Gasteiger partial charge is 0.369 e.